The second-order valence-electron chi connectivity index (χ2n) is 7.41. The van der Waals surface area contributed by atoms with Crippen molar-refractivity contribution in [3.05, 3.63) is 63.9 Å². The van der Waals surface area contributed by atoms with Crippen LogP contribution in [-0.2, 0) is 9.53 Å². The predicted molar refractivity (Wildman–Crippen MR) is 125 cm³/mol. The average molecular weight is 436 g/mol. The number of nitrogens with zero attached hydrogens (tertiary/aromatic N) is 2. The summed E-state index contributed by atoms with van der Waals surface area (Å²) < 4.78 is 6.87. The number of rotatable bonds is 6. The molecule has 0 aliphatic carbocycles. The summed E-state index contributed by atoms with van der Waals surface area (Å²) >= 11 is 1.28. The first-order valence-electron chi connectivity index (χ1n) is 10.4. The Bertz CT molecular complexity index is 1340. The van der Waals surface area contributed by atoms with E-state index >= 15 is 0 Å². The predicted octanol–water partition coefficient (Wildman–Crippen LogP) is 4.92. The first-order chi connectivity index (χ1) is 15.0. The summed E-state index contributed by atoms with van der Waals surface area (Å²) in [7, 11) is 0. The second kappa shape index (κ2) is 8.59. The van der Waals surface area contributed by atoms with Gasteiger partial charge in [-0.25, -0.2) is 4.98 Å². The van der Waals surface area contributed by atoms with Crippen LogP contribution >= 0.6 is 11.8 Å². The Kier molecular flexibility index (Phi) is 5.87. The van der Waals surface area contributed by atoms with Gasteiger partial charge in [0.2, 0.25) is 0 Å². The van der Waals surface area contributed by atoms with Crippen molar-refractivity contribution >= 4 is 39.7 Å². The fourth-order valence-electron chi connectivity index (χ4n) is 3.67. The Morgan fingerprint density at radius 2 is 1.94 bits per heavy atom. The number of esters is 1. The van der Waals surface area contributed by atoms with Gasteiger partial charge in [0.15, 0.2) is 5.16 Å². The number of hydrogen-bond acceptors (Lipinski definition) is 5. The van der Waals surface area contributed by atoms with E-state index < -0.39 is 5.25 Å². The molecule has 0 amide bonds. The molecule has 0 aliphatic rings. The van der Waals surface area contributed by atoms with Crippen molar-refractivity contribution in [1.82, 2.24) is 14.5 Å². The Hall–Kier alpha value is -3.06. The molecule has 1 unspecified atom stereocenters. The number of H-pyrrole nitrogens is 1. The van der Waals surface area contributed by atoms with E-state index in [1.165, 1.54) is 11.8 Å². The molecule has 4 aromatic rings. The van der Waals surface area contributed by atoms with Gasteiger partial charge in [0.05, 0.1) is 12.3 Å². The molecule has 2 heterocycles. The zero-order valence-corrected chi connectivity index (χ0v) is 18.9. The number of carbonyl (C=O) groups excluding carboxylic acids is 1. The van der Waals surface area contributed by atoms with Crippen LogP contribution in [0.15, 0.2) is 52.4 Å². The summed E-state index contributed by atoms with van der Waals surface area (Å²) in [6.07, 6.45) is 0.568. The molecule has 7 heteroatoms. The van der Waals surface area contributed by atoms with E-state index in [0.717, 1.165) is 27.7 Å². The van der Waals surface area contributed by atoms with E-state index in [-0.39, 0.29) is 11.5 Å². The molecule has 0 spiro atoms. The fraction of sp³-hybridized carbons (Fsp3) is 0.292. The largest absolute Gasteiger partial charge is 0.465 e. The molecular formula is C24H25N3O3S. The molecule has 1 N–H and O–H groups in total. The van der Waals surface area contributed by atoms with E-state index in [1.807, 2.05) is 63.2 Å². The molecule has 0 bridgehead atoms. The minimum Gasteiger partial charge on any atom is -0.465 e. The molecule has 160 valence electrons. The zero-order valence-electron chi connectivity index (χ0n) is 18.1. The van der Waals surface area contributed by atoms with E-state index in [2.05, 4.69) is 4.98 Å². The highest BCUT2D eigenvalue weighted by Crippen LogP contribution is 2.31. The Morgan fingerprint density at radius 1 is 1.16 bits per heavy atom. The summed E-state index contributed by atoms with van der Waals surface area (Å²) in [6, 6.07) is 13.6. The van der Waals surface area contributed by atoms with Crippen molar-refractivity contribution in [3.63, 3.8) is 0 Å². The second-order valence-corrected chi connectivity index (χ2v) is 8.58. The topological polar surface area (TPSA) is 77.0 Å². The third-order valence-corrected chi connectivity index (χ3v) is 6.77. The van der Waals surface area contributed by atoms with Crippen LogP contribution in [0.2, 0.25) is 0 Å². The summed E-state index contributed by atoms with van der Waals surface area (Å²) in [5.74, 6) is -0.296. The molecule has 2 aromatic carbocycles. The van der Waals surface area contributed by atoms with E-state index in [1.54, 1.807) is 11.5 Å². The molecule has 0 aliphatic heterocycles. The quantitative estimate of drug-likeness (QED) is 0.264. The normalized spacial score (nSPS) is 12.4. The maximum Gasteiger partial charge on any atom is 0.319 e. The third kappa shape index (κ3) is 3.74. The van der Waals surface area contributed by atoms with Crippen molar-refractivity contribution in [2.75, 3.05) is 6.61 Å². The number of ether oxygens (including phenoxy) is 1. The first-order valence-corrected chi connectivity index (χ1v) is 11.3. The summed E-state index contributed by atoms with van der Waals surface area (Å²) in [5, 5.41) is 0.912. The number of carbonyl (C=O) groups is 1. The van der Waals surface area contributed by atoms with Gasteiger partial charge in [-0.15, -0.1) is 0 Å². The van der Waals surface area contributed by atoms with Crippen LogP contribution in [0.5, 0.6) is 0 Å². The molecule has 1 atom stereocenters. The molecule has 0 saturated heterocycles. The van der Waals surface area contributed by atoms with Gasteiger partial charge in [-0.2, -0.15) is 0 Å². The number of para-hydroxylation sites is 1. The number of hydrogen-bond donors (Lipinski definition) is 1. The molecule has 0 saturated carbocycles. The lowest BCUT2D eigenvalue weighted by molar-refractivity contribution is -0.142. The Labute approximate surface area is 184 Å². The molecule has 31 heavy (non-hydrogen) atoms. The van der Waals surface area contributed by atoms with Gasteiger partial charge in [0.25, 0.3) is 5.56 Å². The van der Waals surface area contributed by atoms with Crippen molar-refractivity contribution in [1.29, 1.82) is 0 Å². The fourth-order valence-corrected chi connectivity index (χ4v) is 4.69. The van der Waals surface area contributed by atoms with Gasteiger partial charge in [-0.3, -0.25) is 14.2 Å². The number of fused-ring (bicyclic) bond motifs is 3. The molecule has 0 radical (unpaired) electrons. The van der Waals surface area contributed by atoms with Gasteiger partial charge in [0.1, 0.15) is 16.3 Å². The van der Waals surface area contributed by atoms with Crippen molar-refractivity contribution in [2.24, 2.45) is 0 Å². The van der Waals surface area contributed by atoms with Crippen LogP contribution in [0.1, 0.15) is 31.4 Å². The smallest absolute Gasteiger partial charge is 0.319 e. The molecular weight excluding hydrogens is 410 g/mol. The van der Waals surface area contributed by atoms with Gasteiger partial charge >= 0.3 is 5.97 Å². The van der Waals surface area contributed by atoms with Gasteiger partial charge in [-0.05, 0) is 50.5 Å². The molecule has 0 fully saturated rings. The summed E-state index contributed by atoms with van der Waals surface area (Å²) in [6.45, 7) is 8.04. The third-order valence-electron chi connectivity index (χ3n) is 5.48. The average Bonchev–Trinajstić information content (AvgIpc) is 3.14. The van der Waals surface area contributed by atoms with Crippen LogP contribution < -0.4 is 5.56 Å². The van der Waals surface area contributed by atoms with Crippen molar-refractivity contribution in [3.8, 4) is 5.69 Å². The number of aromatic amines is 1. The highest BCUT2D eigenvalue weighted by Gasteiger charge is 2.25. The Balaban J connectivity index is 2.01. The molecule has 2 aromatic heterocycles. The highest BCUT2D eigenvalue weighted by atomic mass is 32.2. The highest BCUT2D eigenvalue weighted by molar-refractivity contribution is 8.00. The van der Waals surface area contributed by atoms with Crippen LogP contribution in [0, 0.1) is 13.8 Å². The number of aromatic nitrogens is 3. The lowest BCUT2D eigenvalue weighted by Gasteiger charge is -2.18. The maximum atomic E-state index is 13.7. The maximum absolute atomic E-state index is 13.7. The zero-order chi connectivity index (χ0) is 22.1. The number of benzene rings is 2. The lowest BCUT2D eigenvalue weighted by Crippen LogP contribution is -2.26. The van der Waals surface area contributed by atoms with E-state index in [9.17, 15) is 9.59 Å². The van der Waals surface area contributed by atoms with Crippen molar-refractivity contribution < 1.29 is 9.53 Å². The number of nitrogens with one attached hydrogen (secondary N) is 1. The monoisotopic (exact) mass is 435 g/mol. The van der Waals surface area contributed by atoms with Crippen molar-refractivity contribution in [2.45, 2.75) is 44.5 Å². The van der Waals surface area contributed by atoms with Crippen LogP contribution in [0.3, 0.4) is 0 Å². The minimum atomic E-state index is -0.453. The standard InChI is InChI=1S/C24H25N3O3S/c1-5-19(23(29)30-6-2)31-24-26-20-16-11-7-8-12-17(16)25-21(20)22(28)27(24)18-13-9-10-14(3)15(18)4/h7-13,19,25H,5-6H2,1-4H3. The van der Waals surface area contributed by atoms with Crippen LogP contribution in [0.25, 0.3) is 27.6 Å². The van der Waals surface area contributed by atoms with E-state index in [4.69, 9.17) is 9.72 Å². The van der Waals surface area contributed by atoms with Crippen LogP contribution in [-0.4, -0.2) is 32.4 Å². The summed E-state index contributed by atoms with van der Waals surface area (Å²) in [5.41, 5.74) is 4.58. The summed E-state index contributed by atoms with van der Waals surface area (Å²) in [4.78, 5) is 34.3. The molecule has 6 nitrogen and oxygen atoms in total. The van der Waals surface area contributed by atoms with E-state index in [0.29, 0.717) is 29.2 Å². The first kappa shape index (κ1) is 21.2. The number of thioether (sulfide) groups is 1. The van der Waals surface area contributed by atoms with Gasteiger partial charge in [-0.1, -0.05) is 49.0 Å². The SMILES string of the molecule is CCOC(=O)C(CC)Sc1nc2c([nH]c3ccccc32)c(=O)n1-c1cccc(C)c1C. The molecule has 4 rings (SSSR count). The van der Waals surface area contributed by atoms with Gasteiger partial charge in [0, 0.05) is 10.9 Å². The van der Waals surface area contributed by atoms with Gasteiger partial charge < -0.3 is 9.72 Å². The Morgan fingerprint density at radius 3 is 2.68 bits per heavy atom. The lowest BCUT2D eigenvalue weighted by atomic mass is 10.1. The number of aryl methyl sites for hydroxylation is 1. The van der Waals surface area contributed by atoms with Crippen LogP contribution in [0.4, 0.5) is 0 Å². The minimum absolute atomic E-state index is 0.184.